The van der Waals surface area contributed by atoms with Crippen LogP contribution in [0.3, 0.4) is 0 Å². The number of amides is 2. The van der Waals surface area contributed by atoms with Gasteiger partial charge in [0.1, 0.15) is 5.75 Å². The highest BCUT2D eigenvalue weighted by Crippen LogP contribution is 2.32. The summed E-state index contributed by atoms with van der Waals surface area (Å²) in [7, 11) is 2.95. The lowest BCUT2D eigenvalue weighted by molar-refractivity contribution is -0.135. The molecule has 8 heteroatoms. The lowest BCUT2D eigenvalue weighted by atomic mass is 9.84. The number of aryl methyl sites for hydroxylation is 1. The molecule has 8 nitrogen and oxygen atoms in total. The van der Waals surface area contributed by atoms with Crippen molar-refractivity contribution in [2.24, 2.45) is 5.41 Å². The normalized spacial score (nSPS) is 16.1. The van der Waals surface area contributed by atoms with Crippen molar-refractivity contribution in [1.29, 1.82) is 0 Å². The molecule has 2 amide bonds. The zero-order valence-electron chi connectivity index (χ0n) is 21.0. The monoisotopic (exact) mass is 482 g/mol. The van der Waals surface area contributed by atoms with E-state index < -0.39 is 6.09 Å². The molecule has 1 aliphatic heterocycles. The van der Waals surface area contributed by atoms with Gasteiger partial charge in [0.25, 0.3) is 0 Å². The van der Waals surface area contributed by atoms with Crippen LogP contribution in [0.2, 0.25) is 0 Å². The summed E-state index contributed by atoms with van der Waals surface area (Å²) >= 11 is 0. The SMILES string of the molecule is COC(=O)c1ccc(-c2ccc(CCC(=O)N3CCN(C(=O)O)C(C(C)(C)C)C3)cc2OC)cc1. The van der Waals surface area contributed by atoms with Gasteiger partial charge in [-0.15, -0.1) is 0 Å². The third kappa shape index (κ3) is 6.12. The van der Waals surface area contributed by atoms with Gasteiger partial charge in [-0.3, -0.25) is 4.79 Å². The average molecular weight is 483 g/mol. The first-order valence-electron chi connectivity index (χ1n) is 11.7. The second kappa shape index (κ2) is 10.8. The predicted molar refractivity (Wildman–Crippen MR) is 133 cm³/mol. The lowest BCUT2D eigenvalue weighted by Gasteiger charge is -2.46. The van der Waals surface area contributed by atoms with Crippen molar-refractivity contribution >= 4 is 18.0 Å². The second-order valence-corrected chi connectivity index (χ2v) is 9.80. The van der Waals surface area contributed by atoms with Crippen LogP contribution in [0.5, 0.6) is 5.75 Å². The van der Waals surface area contributed by atoms with Gasteiger partial charge in [0.2, 0.25) is 5.91 Å². The van der Waals surface area contributed by atoms with E-state index in [0.717, 1.165) is 16.7 Å². The molecule has 0 aromatic heterocycles. The molecule has 1 atom stereocenters. The summed E-state index contributed by atoms with van der Waals surface area (Å²) in [6.45, 7) is 7.12. The molecule has 0 saturated carbocycles. The molecule has 188 valence electrons. The molecular formula is C27H34N2O6. The average Bonchev–Trinajstić information content (AvgIpc) is 2.85. The van der Waals surface area contributed by atoms with Crippen LogP contribution in [0.1, 0.15) is 43.1 Å². The number of hydrogen-bond acceptors (Lipinski definition) is 5. The van der Waals surface area contributed by atoms with Gasteiger partial charge >= 0.3 is 12.1 Å². The number of piperazine rings is 1. The van der Waals surface area contributed by atoms with E-state index in [4.69, 9.17) is 9.47 Å². The number of rotatable bonds is 6. The van der Waals surface area contributed by atoms with Crippen molar-refractivity contribution < 1.29 is 29.0 Å². The van der Waals surface area contributed by atoms with Gasteiger partial charge in [-0.2, -0.15) is 0 Å². The quantitative estimate of drug-likeness (QED) is 0.616. The molecule has 1 fully saturated rings. The number of ether oxygens (including phenoxy) is 2. The number of esters is 1. The first-order chi connectivity index (χ1) is 16.5. The van der Waals surface area contributed by atoms with Crippen LogP contribution in [0.25, 0.3) is 11.1 Å². The van der Waals surface area contributed by atoms with Crippen LogP contribution < -0.4 is 4.74 Å². The maximum atomic E-state index is 13.0. The molecule has 1 aliphatic rings. The maximum Gasteiger partial charge on any atom is 0.407 e. The minimum Gasteiger partial charge on any atom is -0.496 e. The molecule has 1 unspecified atom stereocenters. The van der Waals surface area contributed by atoms with Gasteiger partial charge in [-0.25, -0.2) is 9.59 Å². The summed E-state index contributed by atoms with van der Waals surface area (Å²) in [4.78, 5) is 39.5. The molecule has 0 spiro atoms. The summed E-state index contributed by atoms with van der Waals surface area (Å²) in [5.74, 6) is 0.316. The maximum absolute atomic E-state index is 13.0. The summed E-state index contributed by atoms with van der Waals surface area (Å²) in [6.07, 6.45) is -0.0553. The molecule has 0 aliphatic carbocycles. The smallest absolute Gasteiger partial charge is 0.407 e. The fourth-order valence-corrected chi connectivity index (χ4v) is 4.42. The van der Waals surface area contributed by atoms with Crippen LogP contribution >= 0.6 is 0 Å². The van der Waals surface area contributed by atoms with Crippen molar-refractivity contribution in [2.75, 3.05) is 33.9 Å². The largest absolute Gasteiger partial charge is 0.496 e. The van der Waals surface area contributed by atoms with E-state index >= 15 is 0 Å². The number of carbonyl (C=O) groups excluding carboxylic acids is 2. The number of methoxy groups -OCH3 is 2. The Hall–Kier alpha value is -3.55. The molecule has 3 rings (SSSR count). The Kier molecular flexibility index (Phi) is 8.04. The Morgan fingerprint density at radius 3 is 2.29 bits per heavy atom. The van der Waals surface area contributed by atoms with Crippen molar-refractivity contribution in [3.05, 3.63) is 53.6 Å². The zero-order chi connectivity index (χ0) is 25.8. The topological polar surface area (TPSA) is 96.4 Å². The second-order valence-electron chi connectivity index (χ2n) is 9.80. The minimum absolute atomic E-state index is 0.0192. The van der Waals surface area contributed by atoms with Crippen molar-refractivity contribution in [3.8, 4) is 16.9 Å². The number of nitrogens with zero attached hydrogens (tertiary/aromatic N) is 2. The molecular weight excluding hydrogens is 448 g/mol. The molecule has 0 radical (unpaired) electrons. The van der Waals surface area contributed by atoms with Crippen molar-refractivity contribution in [2.45, 2.75) is 39.7 Å². The van der Waals surface area contributed by atoms with E-state index in [9.17, 15) is 19.5 Å². The molecule has 0 bridgehead atoms. The van der Waals surface area contributed by atoms with Crippen molar-refractivity contribution in [3.63, 3.8) is 0 Å². The first-order valence-corrected chi connectivity index (χ1v) is 11.7. The summed E-state index contributed by atoms with van der Waals surface area (Å²) in [5, 5.41) is 9.54. The highest BCUT2D eigenvalue weighted by molar-refractivity contribution is 5.90. The molecule has 1 N–H and O–H groups in total. The third-order valence-corrected chi connectivity index (χ3v) is 6.49. The van der Waals surface area contributed by atoms with Gasteiger partial charge in [0, 0.05) is 31.6 Å². The lowest BCUT2D eigenvalue weighted by Crippen LogP contribution is -2.60. The van der Waals surface area contributed by atoms with Gasteiger partial charge in [0.15, 0.2) is 0 Å². The van der Waals surface area contributed by atoms with Crippen LogP contribution in [0.4, 0.5) is 4.79 Å². The summed E-state index contributed by atoms with van der Waals surface area (Å²) in [6, 6.07) is 12.7. The third-order valence-electron chi connectivity index (χ3n) is 6.49. The Bertz CT molecular complexity index is 1070. The van der Waals surface area contributed by atoms with Crippen LogP contribution in [-0.4, -0.2) is 72.8 Å². The number of carbonyl (C=O) groups is 3. The molecule has 35 heavy (non-hydrogen) atoms. The van der Waals surface area contributed by atoms with Gasteiger partial charge in [-0.05, 0) is 41.2 Å². The standard InChI is InChI=1S/C27H34N2O6/c1-27(2,3)23-17-28(14-15-29(23)26(32)33)24(30)13-7-18-6-12-21(22(16-18)34-4)19-8-10-20(11-9-19)25(31)35-5/h6,8-12,16,23H,7,13-15,17H2,1-5H3,(H,32,33). The van der Waals surface area contributed by atoms with E-state index in [1.54, 1.807) is 24.1 Å². The first kappa shape index (κ1) is 26.1. The zero-order valence-corrected chi connectivity index (χ0v) is 21.0. The Morgan fingerprint density at radius 1 is 1.03 bits per heavy atom. The number of carboxylic acid groups (broad SMARTS) is 1. The molecule has 1 heterocycles. The Labute approximate surface area is 206 Å². The Morgan fingerprint density at radius 2 is 1.71 bits per heavy atom. The van der Waals surface area contributed by atoms with E-state index in [-0.39, 0.29) is 23.3 Å². The molecule has 2 aromatic rings. The van der Waals surface area contributed by atoms with Crippen LogP contribution in [0.15, 0.2) is 42.5 Å². The number of hydrogen-bond donors (Lipinski definition) is 1. The van der Waals surface area contributed by atoms with Crippen LogP contribution in [-0.2, 0) is 16.0 Å². The summed E-state index contributed by atoms with van der Waals surface area (Å²) in [5.41, 5.74) is 2.97. The van der Waals surface area contributed by atoms with E-state index in [1.807, 2.05) is 51.1 Å². The van der Waals surface area contributed by atoms with E-state index in [1.165, 1.54) is 12.0 Å². The summed E-state index contributed by atoms with van der Waals surface area (Å²) < 4.78 is 10.3. The molecule has 2 aromatic carbocycles. The van der Waals surface area contributed by atoms with Gasteiger partial charge in [-0.1, -0.05) is 45.0 Å². The molecule has 1 saturated heterocycles. The van der Waals surface area contributed by atoms with Crippen molar-refractivity contribution in [1.82, 2.24) is 9.80 Å². The number of benzene rings is 2. The highest BCUT2D eigenvalue weighted by Gasteiger charge is 2.39. The highest BCUT2D eigenvalue weighted by atomic mass is 16.5. The predicted octanol–water partition coefficient (Wildman–Crippen LogP) is 4.32. The van der Waals surface area contributed by atoms with Gasteiger partial charge < -0.3 is 24.4 Å². The Balaban J connectivity index is 1.67. The fourth-order valence-electron chi connectivity index (χ4n) is 4.42. The van der Waals surface area contributed by atoms with E-state index in [0.29, 0.717) is 43.8 Å². The fraction of sp³-hybridized carbons (Fsp3) is 0.444. The minimum atomic E-state index is -0.941. The van der Waals surface area contributed by atoms with Gasteiger partial charge in [0.05, 0.1) is 25.8 Å². The van der Waals surface area contributed by atoms with Crippen LogP contribution in [0, 0.1) is 5.41 Å². The van der Waals surface area contributed by atoms with E-state index in [2.05, 4.69) is 0 Å².